The van der Waals surface area contributed by atoms with Crippen molar-refractivity contribution in [2.24, 2.45) is 0 Å². The number of nitrogens with one attached hydrogen (secondary N) is 1. The largest absolute Gasteiger partial charge is 0.460 e. The molecule has 0 aliphatic heterocycles. The van der Waals surface area contributed by atoms with E-state index in [9.17, 15) is 4.79 Å². The maximum atomic E-state index is 11.6. The zero-order valence-corrected chi connectivity index (χ0v) is 17.2. The van der Waals surface area contributed by atoms with Crippen molar-refractivity contribution in [3.05, 3.63) is 54.1 Å². The lowest BCUT2D eigenvalue weighted by Gasteiger charge is -2.09. The number of hydrogen-bond donors (Lipinski definition) is 1. The highest BCUT2D eigenvalue weighted by atomic mass is 35.5. The van der Waals surface area contributed by atoms with Gasteiger partial charge in [0.2, 0.25) is 0 Å². The zero-order chi connectivity index (χ0) is 20.3. The highest BCUT2D eigenvalue weighted by molar-refractivity contribution is 6.54. The molecule has 1 heterocycles. The molecule has 0 radical (unpaired) electrons. The monoisotopic (exact) mass is 418 g/mol. The molecule has 0 fully saturated rings. The number of anilines is 1. The molecule has 1 N–H and O–H groups in total. The number of hydrogen-bond acceptors (Lipinski definition) is 4. The fourth-order valence-corrected chi connectivity index (χ4v) is 2.72. The Morgan fingerprint density at radius 1 is 1.11 bits per heavy atom. The fourth-order valence-electron chi connectivity index (χ4n) is 2.61. The summed E-state index contributed by atoms with van der Waals surface area (Å²) in [7, 11) is 0. The molecule has 8 heteroatoms. The molecule has 1 amide bonds. The van der Waals surface area contributed by atoms with Crippen LogP contribution in [0.3, 0.4) is 0 Å². The van der Waals surface area contributed by atoms with Gasteiger partial charge in [0.25, 0.3) is 5.91 Å². The van der Waals surface area contributed by atoms with E-state index in [0.29, 0.717) is 17.5 Å². The normalized spacial score (nSPS) is 11.1. The SMILES string of the molecule is Cc1ccccc1-c1nc(OC(C)C)nn1-c1ccc(NC(=O)C(Cl)Cl)cc1. The number of alkyl halides is 2. The quantitative estimate of drug-likeness (QED) is 0.585. The summed E-state index contributed by atoms with van der Waals surface area (Å²) in [6, 6.07) is 15.4. The van der Waals surface area contributed by atoms with E-state index in [-0.39, 0.29) is 6.10 Å². The third kappa shape index (κ3) is 4.64. The minimum Gasteiger partial charge on any atom is -0.460 e. The van der Waals surface area contributed by atoms with Gasteiger partial charge in [-0.05, 0) is 50.6 Å². The standard InChI is InChI=1S/C20H20Cl2N4O2/c1-12(2)28-20-24-18(16-7-5-4-6-13(16)3)26(25-20)15-10-8-14(9-11-15)23-19(27)17(21)22/h4-12,17H,1-3H3,(H,23,27). The van der Waals surface area contributed by atoms with Crippen molar-refractivity contribution in [2.45, 2.75) is 31.7 Å². The van der Waals surface area contributed by atoms with Gasteiger partial charge in [-0.1, -0.05) is 47.5 Å². The average Bonchev–Trinajstić information content (AvgIpc) is 3.05. The van der Waals surface area contributed by atoms with Crippen LogP contribution < -0.4 is 10.1 Å². The number of aromatic nitrogens is 3. The van der Waals surface area contributed by atoms with Gasteiger partial charge in [0.1, 0.15) is 0 Å². The molecule has 0 saturated carbocycles. The molecule has 3 aromatic rings. The molecule has 2 aromatic carbocycles. The Hall–Kier alpha value is -2.57. The number of halogens is 2. The van der Waals surface area contributed by atoms with Crippen molar-refractivity contribution in [3.63, 3.8) is 0 Å². The summed E-state index contributed by atoms with van der Waals surface area (Å²) in [4.78, 5) is 15.1. The van der Waals surface area contributed by atoms with Crippen LogP contribution in [0.1, 0.15) is 19.4 Å². The zero-order valence-electron chi connectivity index (χ0n) is 15.7. The van der Waals surface area contributed by atoms with Gasteiger partial charge < -0.3 is 10.1 Å². The lowest BCUT2D eigenvalue weighted by atomic mass is 10.1. The molecule has 0 atom stereocenters. The first-order chi connectivity index (χ1) is 13.3. The summed E-state index contributed by atoms with van der Waals surface area (Å²) in [5, 5.41) is 7.14. The van der Waals surface area contributed by atoms with E-state index < -0.39 is 10.7 Å². The number of rotatable bonds is 6. The van der Waals surface area contributed by atoms with E-state index in [2.05, 4.69) is 15.4 Å². The smallest absolute Gasteiger partial charge is 0.336 e. The summed E-state index contributed by atoms with van der Waals surface area (Å²) in [5.41, 5.74) is 3.39. The maximum Gasteiger partial charge on any atom is 0.336 e. The van der Waals surface area contributed by atoms with Crippen LogP contribution in [0.2, 0.25) is 0 Å². The maximum absolute atomic E-state index is 11.6. The Morgan fingerprint density at radius 3 is 2.39 bits per heavy atom. The first kappa shape index (κ1) is 20.2. The minimum atomic E-state index is -1.13. The van der Waals surface area contributed by atoms with E-state index in [1.54, 1.807) is 16.8 Å². The lowest BCUT2D eigenvalue weighted by molar-refractivity contribution is -0.114. The van der Waals surface area contributed by atoms with Crippen molar-refractivity contribution in [1.29, 1.82) is 0 Å². The molecule has 0 aliphatic rings. The predicted octanol–water partition coefficient (Wildman–Crippen LogP) is 4.77. The van der Waals surface area contributed by atoms with E-state index in [0.717, 1.165) is 16.8 Å². The molecule has 0 aliphatic carbocycles. The highest BCUT2D eigenvalue weighted by Crippen LogP contribution is 2.27. The molecule has 146 valence electrons. The molecule has 0 bridgehead atoms. The second-order valence-electron chi connectivity index (χ2n) is 6.45. The molecular weight excluding hydrogens is 399 g/mol. The van der Waals surface area contributed by atoms with Gasteiger partial charge >= 0.3 is 6.01 Å². The first-order valence-corrected chi connectivity index (χ1v) is 9.61. The van der Waals surface area contributed by atoms with Crippen LogP contribution in [0.4, 0.5) is 5.69 Å². The molecule has 6 nitrogen and oxygen atoms in total. The van der Waals surface area contributed by atoms with Gasteiger partial charge in [-0.3, -0.25) is 4.79 Å². The summed E-state index contributed by atoms with van der Waals surface area (Å²) < 4.78 is 7.41. The molecule has 1 aromatic heterocycles. The summed E-state index contributed by atoms with van der Waals surface area (Å²) in [5.74, 6) is 0.192. The Balaban J connectivity index is 1.99. The second-order valence-corrected chi connectivity index (χ2v) is 7.54. The summed E-state index contributed by atoms with van der Waals surface area (Å²) in [6.07, 6.45) is -0.0443. The Kier molecular flexibility index (Phi) is 6.21. The lowest BCUT2D eigenvalue weighted by Crippen LogP contribution is -2.18. The molecular formula is C20H20Cl2N4O2. The van der Waals surface area contributed by atoms with Crippen LogP contribution in [0, 0.1) is 6.92 Å². The number of carbonyl (C=O) groups excluding carboxylic acids is 1. The molecule has 0 saturated heterocycles. The fraction of sp³-hybridized carbons (Fsp3) is 0.250. The molecule has 3 rings (SSSR count). The number of amides is 1. The Morgan fingerprint density at radius 2 is 1.79 bits per heavy atom. The average molecular weight is 419 g/mol. The molecule has 0 spiro atoms. The van der Waals surface area contributed by atoms with Crippen molar-refractivity contribution >= 4 is 34.8 Å². The number of nitrogens with zero attached hydrogens (tertiary/aromatic N) is 3. The summed E-state index contributed by atoms with van der Waals surface area (Å²) >= 11 is 11.1. The third-order valence-corrected chi connectivity index (χ3v) is 4.29. The number of ether oxygens (including phenoxy) is 1. The van der Waals surface area contributed by atoms with Crippen molar-refractivity contribution in [1.82, 2.24) is 14.8 Å². The van der Waals surface area contributed by atoms with Gasteiger partial charge in [0.15, 0.2) is 10.7 Å². The van der Waals surface area contributed by atoms with Crippen LogP contribution in [0.5, 0.6) is 6.01 Å². The number of benzene rings is 2. The van der Waals surface area contributed by atoms with Crippen LogP contribution >= 0.6 is 23.2 Å². The highest BCUT2D eigenvalue weighted by Gasteiger charge is 2.17. The predicted molar refractivity (Wildman–Crippen MR) is 111 cm³/mol. The van der Waals surface area contributed by atoms with Crippen LogP contribution in [-0.2, 0) is 4.79 Å². The first-order valence-electron chi connectivity index (χ1n) is 8.74. The van der Waals surface area contributed by atoms with Gasteiger partial charge in [-0.2, -0.15) is 4.98 Å². The summed E-state index contributed by atoms with van der Waals surface area (Å²) in [6.45, 7) is 5.87. The van der Waals surface area contributed by atoms with E-state index in [1.165, 1.54) is 0 Å². The number of carbonyl (C=O) groups is 1. The van der Waals surface area contributed by atoms with Crippen molar-refractivity contribution < 1.29 is 9.53 Å². The Labute approximate surface area is 173 Å². The molecule has 0 unspecified atom stereocenters. The third-order valence-electron chi connectivity index (χ3n) is 3.89. The van der Waals surface area contributed by atoms with Crippen LogP contribution in [0.25, 0.3) is 17.1 Å². The molecule has 28 heavy (non-hydrogen) atoms. The second kappa shape index (κ2) is 8.63. The minimum absolute atomic E-state index is 0.0443. The topological polar surface area (TPSA) is 69.0 Å². The van der Waals surface area contributed by atoms with Gasteiger partial charge in [-0.25, -0.2) is 4.68 Å². The van der Waals surface area contributed by atoms with Gasteiger partial charge in [-0.15, -0.1) is 5.10 Å². The van der Waals surface area contributed by atoms with Crippen LogP contribution in [-0.4, -0.2) is 31.6 Å². The van der Waals surface area contributed by atoms with E-state index in [1.807, 2.05) is 57.2 Å². The van der Waals surface area contributed by atoms with Crippen LogP contribution in [0.15, 0.2) is 48.5 Å². The number of aryl methyl sites for hydroxylation is 1. The Bertz CT molecular complexity index is 969. The van der Waals surface area contributed by atoms with E-state index >= 15 is 0 Å². The van der Waals surface area contributed by atoms with E-state index in [4.69, 9.17) is 27.9 Å². The van der Waals surface area contributed by atoms with Gasteiger partial charge in [0.05, 0.1) is 11.8 Å². The van der Waals surface area contributed by atoms with Crippen molar-refractivity contribution in [2.75, 3.05) is 5.32 Å². The van der Waals surface area contributed by atoms with Crippen molar-refractivity contribution in [3.8, 4) is 23.1 Å². The van der Waals surface area contributed by atoms with Gasteiger partial charge in [0, 0.05) is 11.3 Å².